The highest BCUT2D eigenvalue weighted by Crippen LogP contribution is 2.30. The topological polar surface area (TPSA) is 30.5 Å². The molecule has 0 amide bonds. The number of ether oxygens (including phenoxy) is 2. The van der Waals surface area contributed by atoms with Crippen molar-refractivity contribution in [2.24, 2.45) is 5.92 Å². The third-order valence-corrected chi connectivity index (χ3v) is 3.83. The summed E-state index contributed by atoms with van der Waals surface area (Å²) in [6, 6.07) is 10.6. The van der Waals surface area contributed by atoms with Gasteiger partial charge in [0, 0.05) is 32.3 Å². The molecule has 0 saturated carbocycles. The lowest BCUT2D eigenvalue weighted by Gasteiger charge is -2.31. The molecule has 1 unspecified atom stereocenters. The Bertz CT molecular complexity index is 349. The second-order valence-electron chi connectivity index (χ2n) is 5.36. The summed E-state index contributed by atoms with van der Waals surface area (Å²) in [6.07, 6.45) is 3.68. The molecule has 1 aliphatic heterocycles. The van der Waals surface area contributed by atoms with E-state index in [0.29, 0.717) is 5.92 Å². The lowest BCUT2D eigenvalue weighted by atomic mass is 9.89. The Labute approximate surface area is 122 Å². The summed E-state index contributed by atoms with van der Waals surface area (Å²) in [5.41, 5.74) is 1.30. The molecule has 3 nitrogen and oxygen atoms in total. The Morgan fingerprint density at radius 3 is 2.80 bits per heavy atom. The predicted octanol–water partition coefficient (Wildman–Crippen LogP) is 3.17. The molecule has 1 saturated heterocycles. The van der Waals surface area contributed by atoms with Crippen LogP contribution in [-0.4, -0.2) is 32.9 Å². The van der Waals surface area contributed by atoms with Crippen molar-refractivity contribution in [1.82, 2.24) is 5.32 Å². The van der Waals surface area contributed by atoms with E-state index in [-0.39, 0.29) is 6.10 Å². The van der Waals surface area contributed by atoms with Crippen molar-refractivity contribution < 1.29 is 9.47 Å². The van der Waals surface area contributed by atoms with Crippen molar-refractivity contribution in [3.8, 4) is 0 Å². The van der Waals surface area contributed by atoms with Gasteiger partial charge in [-0.2, -0.15) is 0 Å². The second-order valence-corrected chi connectivity index (χ2v) is 5.36. The number of nitrogens with one attached hydrogen (secondary N) is 1. The molecular weight excluding hydrogens is 250 g/mol. The van der Waals surface area contributed by atoms with Crippen molar-refractivity contribution >= 4 is 0 Å². The van der Waals surface area contributed by atoms with E-state index >= 15 is 0 Å². The van der Waals surface area contributed by atoms with Gasteiger partial charge in [-0.25, -0.2) is 0 Å². The average molecular weight is 277 g/mol. The third kappa shape index (κ3) is 4.89. The highest BCUT2D eigenvalue weighted by molar-refractivity contribution is 5.18. The van der Waals surface area contributed by atoms with Crippen LogP contribution in [0.2, 0.25) is 0 Å². The van der Waals surface area contributed by atoms with Crippen LogP contribution in [-0.2, 0) is 9.47 Å². The molecule has 0 aromatic heterocycles. The molecule has 0 radical (unpaired) electrons. The Balaban J connectivity index is 1.90. The minimum Gasteiger partial charge on any atom is -0.382 e. The fourth-order valence-corrected chi connectivity index (χ4v) is 2.80. The van der Waals surface area contributed by atoms with E-state index < -0.39 is 0 Å². The highest BCUT2D eigenvalue weighted by atomic mass is 16.5. The zero-order chi connectivity index (χ0) is 14.0. The van der Waals surface area contributed by atoms with Crippen molar-refractivity contribution in [3.63, 3.8) is 0 Å². The van der Waals surface area contributed by atoms with Crippen molar-refractivity contribution in [3.05, 3.63) is 35.9 Å². The van der Waals surface area contributed by atoms with Crippen molar-refractivity contribution in [2.45, 2.75) is 32.3 Å². The zero-order valence-corrected chi connectivity index (χ0v) is 12.5. The van der Waals surface area contributed by atoms with E-state index in [9.17, 15) is 0 Å². The largest absolute Gasteiger partial charge is 0.382 e. The van der Waals surface area contributed by atoms with Crippen LogP contribution in [0.1, 0.15) is 37.9 Å². The third-order valence-electron chi connectivity index (χ3n) is 3.83. The lowest BCUT2D eigenvalue weighted by molar-refractivity contribution is -0.00719. The monoisotopic (exact) mass is 277 g/mol. The molecule has 3 heteroatoms. The van der Waals surface area contributed by atoms with Crippen LogP contribution in [0.4, 0.5) is 0 Å². The smallest absolute Gasteiger partial charge is 0.0865 e. The van der Waals surface area contributed by atoms with E-state index in [4.69, 9.17) is 9.47 Å². The molecule has 1 aromatic rings. The Hall–Kier alpha value is -0.900. The maximum atomic E-state index is 6.19. The number of rotatable bonds is 8. The fourth-order valence-electron chi connectivity index (χ4n) is 2.80. The minimum absolute atomic E-state index is 0.214. The highest BCUT2D eigenvalue weighted by Gasteiger charge is 2.25. The number of hydrogen-bond donors (Lipinski definition) is 1. The first kappa shape index (κ1) is 15.5. The van der Waals surface area contributed by atoms with Gasteiger partial charge in [-0.15, -0.1) is 0 Å². The van der Waals surface area contributed by atoms with Crippen molar-refractivity contribution in [1.29, 1.82) is 0 Å². The van der Waals surface area contributed by atoms with E-state index in [1.165, 1.54) is 18.4 Å². The van der Waals surface area contributed by atoms with Gasteiger partial charge in [-0.3, -0.25) is 0 Å². The number of benzene rings is 1. The maximum Gasteiger partial charge on any atom is 0.0865 e. The summed E-state index contributed by atoms with van der Waals surface area (Å²) in [5, 5.41) is 3.49. The Kier molecular flexibility index (Phi) is 7.06. The first-order chi connectivity index (χ1) is 9.92. The quantitative estimate of drug-likeness (QED) is 0.740. The van der Waals surface area contributed by atoms with Crippen LogP contribution in [0.5, 0.6) is 0 Å². The van der Waals surface area contributed by atoms with Gasteiger partial charge in [0.25, 0.3) is 0 Å². The molecule has 1 N–H and O–H groups in total. The predicted molar refractivity (Wildman–Crippen MR) is 81.8 cm³/mol. The zero-order valence-electron chi connectivity index (χ0n) is 12.5. The maximum absolute atomic E-state index is 6.19. The van der Waals surface area contributed by atoms with Crippen LogP contribution < -0.4 is 5.32 Å². The summed E-state index contributed by atoms with van der Waals surface area (Å²) >= 11 is 0. The summed E-state index contributed by atoms with van der Waals surface area (Å²) in [4.78, 5) is 0. The second kappa shape index (κ2) is 9.11. The summed E-state index contributed by atoms with van der Waals surface area (Å²) in [6.45, 7) is 6.58. The Morgan fingerprint density at radius 2 is 2.10 bits per heavy atom. The normalized spacial score (nSPS) is 20.8. The van der Waals surface area contributed by atoms with E-state index in [0.717, 1.165) is 39.3 Å². The first-order valence-corrected chi connectivity index (χ1v) is 7.87. The molecule has 2 atom stereocenters. The van der Waals surface area contributed by atoms with Gasteiger partial charge in [-0.1, -0.05) is 30.3 Å². The van der Waals surface area contributed by atoms with Gasteiger partial charge in [0.1, 0.15) is 0 Å². The van der Waals surface area contributed by atoms with Gasteiger partial charge in [0.05, 0.1) is 6.10 Å². The van der Waals surface area contributed by atoms with Gasteiger partial charge >= 0.3 is 0 Å². The van der Waals surface area contributed by atoms with Gasteiger partial charge in [0.15, 0.2) is 0 Å². The Morgan fingerprint density at radius 1 is 1.25 bits per heavy atom. The summed E-state index contributed by atoms with van der Waals surface area (Å²) in [7, 11) is 0. The molecule has 1 heterocycles. The number of piperidine rings is 1. The van der Waals surface area contributed by atoms with E-state index in [1.807, 2.05) is 6.92 Å². The van der Waals surface area contributed by atoms with Crippen LogP contribution in [0, 0.1) is 5.92 Å². The fraction of sp³-hybridized carbons (Fsp3) is 0.647. The summed E-state index contributed by atoms with van der Waals surface area (Å²) in [5.74, 6) is 0.582. The standard InChI is InChI=1S/C17H27NO2/c1-2-19-12-7-13-20-17(15-8-4-3-5-9-15)16-10-6-11-18-14-16/h3-5,8-9,16-18H,2,6-7,10-14H2,1H3/t16?,17-/m0/s1. The van der Waals surface area contributed by atoms with E-state index in [1.54, 1.807) is 0 Å². The van der Waals surface area contributed by atoms with Gasteiger partial charge in [0.2, 0.25) is 0 Å². The lowest BCUT2D eigenvalue weighted by Crippen LogP contribution is -2.34. The molecule has 2 rings (SSSR count). The minimum atomic E-state index is 0.214. The summed E-state index contributed by atoms with van der Waals surface area (Å²) < 4.78 is 11.6. The molecule has 0 aliphatic carbocycles. The molecule has 0 spiro atoms. The van der Waals surface area contributed by atoms with Gasteiger partial charge in [-0.05, 0) is 38.3 Å². The SMILES string of the molecule is CCOCCCO[C@@H](c1ccccc1)C1CCCNC1. The molecular formula is C17H27NO2. The molecule has 1 aromatic carbocycles. The van der Waals surface area contributed by atoms with Crippen LogP contribution in [0.3, 0.4) is 0 Å². The van der Waals surface area contributed by atoms with Crippen LogP contribution >= 0.6 is 0 Å². The molecule has 1 fully saturated rings. The molecule has 20 heavy (non-hydrogen) atoms. The van der Waals surface area contributed by atoms with E-state index in [2.05, 4.69) is 35.6 Å². The average Bonchev–Trinajstić information content (AvgIpc) is 2.53. The first-order valence-electron chi connectivity index (χ1n) is 7.87. The molecule has 1 aliphatic rings. The van der Waals surface area contributed by atoms with Gasteiger partial charge < -0.3 is 14.8 Å². The van der Waals surface area contributed by atoms with Crippen molar-refractivity contribution in [2.75, 3.05) is 32.9 Å². The number of hydrogen-bond acceptors (Lipinski definition) is 3. The van der Waals surface area contributed by atoms with Crippen LogP contribution in [0.15, 0.2) is 30.3 Å². The molecule has 0 bridgehead atoms. The molecule has 112 valence electrons. The van der Waals surface area contributed by atoms with Crippen LogP contribution in [0.25, 0.3) is 0 Å².